The number of hydrogen-bond donors (Lipinski definition) is 1. The summed E-state index contributed by atoms with van der Waals surface area (Å²) in [4.78, 5) is 0. The molecule has 0 atom stereocenters. The van der Waals surface area contributed by atoms with E-state index in [4.69, 9.17) is 5.73 Å². The second-order valence-corrected chi connectivity index (χ2v) is 3.61. The number of anilines is 1. The fraction of sp³-hybridized carbons (Fsp3) is 0.500. The minimum atomic E-state index is 0.0556. The van der Waals surface area contributed by atoms with Crippen molar-refractivity contribution in [1.82, 2.24) is 10.2 Å². The molecular weight excluding hydrogens is 138 g/mol. The molecular formula is C8H13N3. The van der Waals surface area contributed by atoms with Gasteiger partial charge in [-0.25, -0.2) is 0 Å². The monoisotopic (exact) mass is 151 g/mol. The highest BCUT2D eigenvalue weighted by Crippen LogP contribution is 2.25. The van der Waals surface area contributed by atoms with E-state index in [0.29, 0.717) is 5.69 Å². The number of nitrogens with zero attached hydrogens (tertiary/aromatic N) is 2. The Morgan fingerprint density at radius 3 is 2.09 bits per heavy atom. The summed E-state index contributed by atoms with van der Waals surface area (Å²) in [5, 5.41) is 7.47. The van der Waals surface area contributed by atoms with Crippen LogP contribution >= 0.6 is 0 Å². The van der Waals surface area contributed by atoms with E-state index in [1.807, 2.05) is 0 Å². The van der Waals surface area contributed by atoms with Gasteiger partial charge < -0.3 is 5.73 Å². The molecule has 0 aromatic carbocycles. The van der Waals surface area contributed by atoms with Crippen molar-refractivity contribution in [3.05, 3.63) is 18.0 Å². The Balaban J connectivity index is 3.14. The zero-order chi connectivity index (χ0) is 8.48. The van der Waals surface area contributed by atoms with Crippen LogP contribution < -0.4 is 5.73 Å². The van der Waals surface area contributed by atoms with Crippen LogP contribution in [0.3, 0.4) is 0 Å². The first kappa shape index (κ1) is 7.98. The van der Waals surface area contributed by atoms with Crippen molar-refractivity contribution in [2.45, 2.75) is 26.2 Å². The topological polar surface area (TPSA) is 51.8 Å². The van der Waals surface area contributed by atoms with Gasteiger partial charge >= 0.3 is 0 Å². The lowest BCUT2D eigenvalue weighted by Gasteiger charge is -2.19. The Morgan fingerprint density at radius 1 is 1.18 bits per heavy atom. The molecule has 0 fully saturated rings. The Morgan fingerprint density at radius 2 is 1.73 bits per heavy atom. The second kappa shape index (κ2) is 2.49. The number of nitrogens with two attached hydrogens (primary N) is 1. The molecule has 1 heterocycles. The summed E-state index contributed by atoms with van der Waals surface area (Å²) in [5.74, 6) is 0. The van der Waals surface area contributed by atoms with Crippen LogP contribution in [0.1, 0.15) is 26.3 Å². The van der Waals surface area contributed by atoms with Crippen LogP contribution in [0.25, 0.3) is 0 Å². The first-order chi connectivity index (χ1) is 5.02. The van der Waals surface area contributed by atoms with Gasteiger partial charge in [0, 0.05) is 5.56 Å². The van der Waals surface area contributed by atoms with Gasteiger partial charge in [-0.1, -0.05) is 20.8 Å². The van der Waals surface area contributed by atoms with Crippen LogP contribution in [-0.4, -0.2) is 10.2 Å². The van der Waals surface area contributed by atoms with E-state index in [1.165, 1.54) is 0 Å². The molecule has 1 aromatic heterocycles. The van der Waals surface area contributed by atoms with Gasteiger partial charge in [-0.3, -0.25) is 0 Å². The number of nitrogen functional groups attached to an aromatic ring is 1. The van der Waals surface area contributed by atoms with Crippen molar-refractivity contribution >= 4 is 5.69 Å². The molecule has 0 bridgehead atoms. The summed E-state index contributed by atoms with van der Waals surface area (Å²) < 4.78 is 0. The summed E-state index contributed by atoms with van der Waals surface area (Å²) >= 11 is 0. The van der Waals surface area contributed by atoms with E-state index in [9.17, 15) is 0 Å². The van der Waals surface area contributed by atoms with Crippen LogP contribution in [0.15, 0.2) is 12.4 Å². The van der Waals surface area contributed by atoms with E-state index < -0.39 is 0 Å². The minimum absolute atomic E-state index is 0.0556. The van der Waals surface area contributed by atoms with E-state index in [-0.39, 0.29) is 5.41 Å². The first-order valence-electron chi connectivity index (χ1n) is 3.58. The average molecular weight is 151 g/mol. The molecule has 0 aliphatic heterocycles. The van der Waals surface area contributed by atoms with Crippen molar-refractivity contribution in [3.8, 4) is 0 Å². The SMILES string of the molecule is CC(C)(C)c1cnncc1N. The predicted molar refractivity (Wildman–Crippen MR) is 45.1 cm³/mol. The van der Waals surface area contributed by atoms with Crippen molar-refractivity contribution in [3.63, 3.8) is 0 Å². The van der Waals surface area contributed by atoms with Crippen LogP contribution in [0.2, 0.25) is 0 Å². The summed E-state index contributed by atoms with van der Waals surface area (Å²) in [6.45, 7) is 6.29. The molecule has 60 valence electrons. The molecule has 1 rings (SSSR count). The summed E-state index contributed by atoms with van der Waals surface area (Å²) in [7, 11) is 0. The molecule has 3 heteroatoms. The third-order valence-corrected chi connectivity index (χ3v) is 1.57. The van der Waals surface area contributed by atoms with E-state index >= 15 is 0 Å². The number of hydrogen-bond acceptors (Lipinski definition) is 3. The summed E-state index contributed by atoms with van der Waals surface area (Å²) in [6, 6.07) is 0. The van der Waals surface area contributed by atoms with Crippen molar-refractivity contribution in [2.75, 3.05) is 5.73 Å². The van der Waals surface area contributed by atoms with E-state index in [1.54, 1.807) is 12.4 Å². The molecule has 3 nitrogen and oxygen atoms in total. The van der Waals surface area contributed by atoms with Gasteiger partial charge in [0.2, 0.25) is 0 Å². The fourth-order valence-electron chi connectivity index (χ4n) is 0.957. The zero-order valence-electron chi connectivity index (χ0n) is 7.13. The third kappa shape index (κ3) is 1.67. The van der Waals surface area contributed by atoms with Gasteiger partial charge in [-0.05, 0) is 5.41 Å². The van der Waals surface area contributed by atoms with Crippen LogP contribution in [-0.2, 0) is 5.41 Å². The lowest BCUT2D eigenvalue weighted by Crippen LogP contribution is -2.14. The van der Waals surface area contributed by atoms with E-state index in [0.717, 1.165) is 5.56 Å². The summed E-state index contributed by atoms with van der Waals surface area (Å²) in [5.41, 5.74) is 7.52. The van der Waals surface area contributed by atoms with Gasteiger partial charge in [0.15, 0.2) is 0 Å². The van der Waals surface area contributed by atoms with Gasteiger partial charge in [0.05, 0.1) is 18.1 Å². The van der Waals surface area contributed by atoms with Crippen molar-refractivity contribution in [2.24, 2.45) is 0 Å². The van der Waals surface area contributed by atoms with Gasteiger partial charge in [-0.15, -0.1) is 0 Å². The quantitative estimate of drug-likeness (QED) is 0.609. The summed E-state index contributed by atoms with van der Waals surface area (Å²) in [6.07, 6.45) is 3.30. The fourth-order valence-corrected chi connectivity index (χ4v) is 0.957. The van der Waals surface area contributed by atoms with Crippen LogP contribution in [0.5, 0.6) is 0 Å². The van der Waals surface area contributed by atoms with Crippen molar-refractivity contribution in [1.29, 1.82) is 0 Å². The van der Waals surface area contributed by atoms with Crippen LogP contribution in [0, 0.1) is 0 Å². The van der Waals surface area contributed by atoms with E-state index in [2.05, 4.69) is 31.0 Å². The molecule has 0 saturated heterocycles. The average Bonchev–Trinajstić information content (AvgIpc) is 1.86. The molecule has 0 radical (unpaired) electrons. The maximum absolute atomic E-state index is 5.70. The lowest BCUT2D eigenvalue weighted by molar-refractivity contribution is 0.587. The van der Waals surface area contributed by atoms with Gasteiger partial charge in [-0.2, -0.15) is 10.2 Å². The molecule has 11 heavy (non-hydrogen) atoms. The molecule has 1 aromatic rings. The Kier molecular flexibility index (Phi) is 1.81. The minimum Gasteiger partial charge on any atom is -0.397 e. The molecule has 0 unspecified atom stereocenters. The maximum Gasteiger partial charge on any atom is 0.0728 e. The predicted octanol–water partition coefficient (Wildman–Crippen LogP) is 1.36. The standard InChI is InChI=1S/C8H13N3/c1-8(2,3)6-4-10-11-5-7(6)9/h4-5H,1-3H3,(H2,9,10). The number of aromatic nitrogens is 2. The normalized spacial score (nSPS) is 11.5. The molecule has 2 N–H and O–H groups in total. The van der Waals surface area contributed by atoms with Gasteiger partial charge in [0.1, 0.15) is 0 Å². The first-order valence-corrected chi connectivity index (χ1v) is 3.58. The maximum atomic E-state index is 5.70. The zero-order valence-corrected chi connectivity index (χ0v) is 7.13. The molecule has 0 aliphatic rings. The van der Waals surface area contributed by atoms with Crippen LogP contribution in [0.4, 0.5) is 5.69 Å². The molecule has 0 amide bonds. The largest absolute Gasteiger partial charge is 0.397 e. The molecule has 0 aliphatic carbocycles. The smallest absolute Gasteiger partial charge is 0.0728 e. The second-order valence-electron chi connectivity index (χ2n) is 3.61. The van der Waals surface area contributed by atoms with Gasteiger partial charge in [0.25, 0.3) is 0 Å². The van der Waals surface area contributed by atoms with Crippen molar-refractivity contribution < 1.29 is 0 Å². The molecule has 0 saturated carbocycles. The Bertz CT molecular complexity index is 250. The lowest BCUT2D eigenvalue weighted by atomic mass is 9.88. The Hall–Kier alpha value is -1.12. The highest BCUT2D eigenvalue weighted by Gasteiger charge is 2.16. The number of rotatable bonds is 0. The highest BCUT2D eigenvalue weighted by atomic mass is 15.1. The molecule has 0 spiro atoms. The third-order valence-electron chi connectivity index (χ3n) is 1.57. The Labute approximate surface area is 66.6 Å². The highest BCUT2D eigenvalue weighted by molar-refractivity contribution is 5.46.